The molecule has 1 aliphatic carbocycles. The maximum absolute atomic E-state index is 10.5. The summed E-state index contributed by atoms with van der Waals surface area (Å²) in [4.78, 5) is 11.1. The predicted molar refractivity (Wildman–Crippen MR) is 76.4 cm³/mol. The fraction of sp³-hybridized carbons (Fsp3) is 0.571. The number of rotatable bonds is 6. The molecule has 0 bridgehead atoms. The predicted octanol–water partition coefficient (Wildman–Crippen LogP) is 3.63. The molecule has 1 unspecified atom stereocenters. The molecule has 0 amide bonds. The van der Waals surface area contributed by atoms with Crippen molar-refractivity contribution in [3.63, 3.8) is 0 Å². The first-order valence-electron chi connectivity index (χ1n) is 6.70. The number of nitro groups is 1. The fourth-order valence-electron chi connectivity index (χ4n) is 2.56. The molecule has 1 saturated carbocycles. The van der Waals surface area contributed by atoms with E-state index < -0.39 is 4.92 Å². The van der Waals surface area contributed by atoms with Crippen LogP contribution in [0.5, 0.6) is 0 Å². The number of aliphatic hydroxyl groups excluding tert-OH is 1. The molecule has 4 nitrogen and oxygen atoms in total. The lowest BCUT2D eigenvalue weighted by atomic mass is 10.0. The van der Waals surface area contributed by atoms with E-state index in [9.17, 15) is 15.2 Å². The third-order valence-electron chi connectivity index (χ3n) is 3.57. The quantitative estimate of drug-likeness (QED) is 0.491. The Morgan fingerprint density at radius 1 is 1.32 bits per heavy atom. The van der Waals surface area contributed by atoms with Gasteiger partial charge in [0, 0.05) is 22.8 Å². The van der Waals surface area contributed by atoms with Gasteiger partial charge in [0.1, 0.15) is 0 Å². The summed E-state index contributed by atoms with van der Waals surface area (Å²) >= 11 is 1.56. The zero-order valence-corrected chi connectivity index (χ0v) is 11.6. The highest BCUT2D eigenvalue weighted by Crippen LogP contribution is 2.30. The van der Waals surface area contributed by atoms with Gasteiger partial charge in [-0.2, -0.15) is 0 Å². The second-order valence-corrected chi connectivity index (χ2v) is 6.20. The van der Waals surface area contributed by atoms with E-state index >= 15 is 0 Å². The average molecular weight is 281 g/mol. The van der Waals surface area contributed by atoms with Gasteiger partial charge in [0.2, 0.25) is 0 Å². The largest absolute Gasteiger partial charge is 0.392 e. The molecule has 2 rings (SSSR count). The topological polar surface area (TPSA) is 63.4 Å². The van der Waals surface area contributed by atoms with Gasteiger partial charge in [-0.25, -0.2) is 0 Å². The second kappa shape index (κ2) is 6.91. The lowest BCUT2D eigenvalue weighted by Gasteiger charge is -2.14. The molecule has 1 atom stereocenters. The van der Waals surface area contributed by atoms with Crippen LogP contribution in [0.25, 0.3) is 0 Å². The highest BCUT2D eigenvalue weighted by molar-refractivity contribution is 7.99. The summed E-state index contributed by atoms with van der Waals surface area (Å²) in [5.41, 5.74) is 0.107. The Morgan fingerprint density at radius 2 is 1.95 bits per heavy atom. The minimum absolute atomic E-state index is 0.107. The summed E-state index contributed by atoms with van der Waals surface area (Å²) in [5.74, 6) is 1.35. The van der Waals surface area contributed by atoms with Gasteiger partial charge in [-0.1, -0.05) is 25.7 Å². The molecule has 0 radical (unpaired) electrons. The maximum atomic E-state index is 10.5. The van der Waals surface area contributed by atoms with Gasteiger partial charge < -0.3 is 5.11 Å². The second-order valence-electron chi connectivity index (χ2n) is 5.10. The molecule has 0 aromatic heterocycles. The molecule has 0 saturated heterocycles. The van der Waals surface area contributed by atoms with Crippen molar-refractivity contribution in [3.8, 4) is 0 Å². The molecule has 0 spiro atoms. The van der Waals surface area contributed by atoms with Crippen LogP contribution in [0.2, 0.25) is 0 Å². The summed E-state index contributed by atoms with van der Waals surface area (Å²) in [6.45, 7) is 0. The van der Waals surface area contributed by atoms with Crippen LogP contribution in [0, 0.1) is 16.0 Å². The van der Waals surface area contributed by atoms with Gasteiger partial charge in [0.15, 0.2) is 0 Å². The van der Waals surface area contributed by atoms with Crippen LogP contribution in [0.3, 0.4) is 0 Å². The molecular weight excluding hydrogens is 262 g/mol. The van der Waals surface area contributed by atoms with E-state index in [4.69, 9.17) is 0 Å². The number of benzene rings is 1. The summed E-state index contributed by atoms with van der Waals surface area (Å²) in [6, 6.07) is 6.49. The Balaban J connectivity index is 1.76. The van der Waals surface area contributed by atoms with Crippen molar-refractivity contribution in [1.82, 2.24) is 0 Å². The molecule has 1 aromatic carbocycles. The fourth-order valence-corrected chi connectivity index (χ4v) is 3.40. The Hall–Kier alpha value is -1.07. The van der Waals surface area contributed by atoms with Crippen molar-refractivity contribution >= 4 is 17.4 Å². The van der Waals surface area contributed by atoms with Gasteiger partial charge in [-0.3, -0.25) is 10.1 Å². The van der Waals surface area contributed by atoms with Crippen LogP contribution < -0.4 is 0 Å². The van der Waals surface area contributed by atoms with E-state index in [0.717, 1.165) is 11.3 Å². The van der Waals surface area contributed by atoms with Gasteiger partial charge in [0.25, 0.3) is 5.69 Å². The lowest BCUT2D eigenvalue weighted by Crippen LogP contribution is -2.14. The highest BCUT2D eigenvalue weighted by Gasteiger charge is 2.18. The third-order valence-corrected chi connectivity index (χ3v) is 4.73. The number of thioether (sulfide) groups is 1. The standard InChI is InChI=1S/C14H19NO3S/c16-13(9-11-3-1-2-4-11)10-19-14-7-5-12(6-8-14)15(17)18/h5-8,11,13,16H,1-4,9-10H2. The van der Waals surface area contributed by atoms with Crippen LogP contribution >= 0.6 is 11.8 Å². The van der Waals surface area contributed by atoms with Crippen LogP contribution in [0.15, 0.2) is 29.2 Å². The van der Waals surface area contributed by atoms with E-state index in [1.807, 2.05) is 0 Å². The normalized spacial score (nSPS) is 17.5. The number of non-ortho nitro benzene ring substituents is 1. The molecule has 0 heterocycles. The maximum Gasteiger partial charge on any atom is 0.269 e. The number of nitrogens with zero attached hydrogens (tertiary/aromatic N) is 1. The molecule has 1 aliphatic rings. The van der Waals surface area contributed by atoms with Crippen LogP contribution in [0.1, 0.15) is 32.1 Å². The molecule has 1 N–H and O–H groups in total. The summed E-state index contributed by atoms with van der Waals surface area (Å²) < 4.78 is 0. The van der Waals surface area contributed by atoms with E-state index in [0.29, 0.717) is 11.7 Å². The van der Waals surface area contributed by atoms with E-state index in [2.05, 4.69) is 0 Å². The minimum atomic E-state index is -0.399. The van der Waals surface area contributed by atoms with Gasteiger partial charge in [-0.05, 0) is 24.5 Å². The zero-order chi connectivity index (χ0) is 13.7. The molecule has 1 aromatic rings. The highest BCUT2D eigenvalue weighted by atomic mass is 32.2. The average Bonchev–Trinajstić information content (AvgIpc) is 2.89. The minimum Gasteiger partial charge on any atom is -0.392 e. The first-order chi connectivity index (χ1) is 9.15. The van der Waals surface area contributed by atoms with E-state index in [1.54, 1.807) is 23.9 Å². The third kappa shape index (κ3) is 4.51. The number of aliphatic hydroxyl groups is 1. The summed E-state index contributed by atoms with van der Waals surface area (Å²) in [7, 11) is 0. The van der Waals surface area contributed by atoms with E-state index in [-0.39, 0.29) is 11.8 Å². The van der Waals surface area contributed by atoms with Crippen LogP contribution in [-0.4, -0.2) is 21.9 Å². The Kier molecular flexibility index (Phi) is 5.22. The lowest BCUT2D eigenvalue weighted by molar-refractivity contribution is -0.384. The first kappa shape index (κ1) is 14.3. The molecular formula is C14H19NO3S. The monoisotopic (exact) mass is 281 g/mol. The molecule has 19 heavy (non-hydrogen) atoms. The zero-order valence-electron chi connectivity index (χ0n) is 10.8. The number of nitro benzene ring substituents is 1. The summed E-state index contributed by atoms with van der Waals surface area (Å²) in [5, 5.41) is 20.5. The van der Waals surface area contributed by atoms with Crippen molar-refractivity contribution in [2.75, 3.05) is 5.75 Å². The van der Waals surface area contributed by atoms with Crippen molar-refractivity contribution in [3.05, 3.63) is 34.4 Å². The number of hydrogen-bond acceptors (Lipinski definition) is 4. The Morgan fingerprint density at radius 3 is 2.53 bits per heavy atom. The van der Waals surface area contributed by atoms with Crippen molar-refractivity contribution in [2.45, 2.75) is 43.1 Å². The smallest absolute Gasteiger partial charge is 0.269 e. The van der Waals surface area contributed by atoms with Gasteiger partial charge in [-0.15, -0.1) is 11.8 Å². The van der Waals surface area contributed by atoms with E-state index in [1.165, 1.54) is 37.8 Å². The number of hydrogen-bond donors (Lipinski definition) is 1. The SMILES string of the molecule is O=[N+]([O-])c1ccc(SCC(O)CC2CCCC2)cc1. The van der Waals surface area contributed by atoms with Crippen molar-refractivity contribution < 1.29 is 10.0 Å². The van der Waals surface area contributed by atoms with Crippen LogP contribution in [-0.2, 0) is 0 Å². The molecule has 0 aliphatic heterocycles. The molecule has 1 fully saturated rings. The van der Waals surface area contributed by atoms with Gasteiger partial charge in [0.05, 0.1) is 11.0 Å². The van der Waals surface area contributed by atoms with Crippen molar-refractivity contribution in [2.24, 2.45) is 5.92 Å². The Bertz CT molecular complexity index is 415. The first-order valence-corrected chi connectivity index (χ1v) is 7.69. The summed E-state index contributed by atoms with van der Waals surface area (Å²) in [6.07, 6.45) is 5.71. The molecule has 5 heteroatoms. The Labute approximate surface area is 117 Å². The van der Waals surface area contributed by atoms with Crippen molar-refractivity contribution in [1.29, 1.82) is 0 Å². The molecule has 104 valence electrons. The van der Waals surface area contributed by atoms with Gasteiger partial charge >= 0.3 is 0 Å². The van der Waals surface area contributed by atoms with Crippen LogP contribution in [0.4, 0.5) is 5.69 Å².